The zero-order valence-corrected chi connectivity index (χ0v) is 16.5. The van der Waals surface area contributed by atoms with Gasteiger partial charge in [0.15, 0.2) is 0 Å². The van der Waals surface area contributed by atoms with Crippen molar-refractivity contribution in [3.05, 3.63) is 31.0 Å². The van der Waals surface area contributed by atoms with Crippen molar-refractivity contribution >= 4 is 11.7 Å². The number of nitrogens with one attached hydrogen (secondary N) is 1. The third kappa shape index (κ3) is 4.51. The molecule has 2 aliphatic carbocycles. The summed E-state index contributed by atoms with van der Waals surface area (Å²) in [6.07, 6.45) is 19.0. The van der Waals surface area contributed by atoms with E-state index in [1.54, 1.807) is 17.1 Å². The van der Waals surface area contributed by atoms with Crippen LogP contribution in [-0.4, -0.2) is 49.2 Å². The summed E-state index contributed by atoms with van der Waals surface area (Å²) in [5, 5.41) is 7.72. The van der Waals surface area contributed by atoms with E-state index in [0.717, 1.165) is 31.4 Å². The average Bonchev–Trinajstić information content (AvgIpc) is 3.24. The summed E-state index contributed by atoms with van der Waals surface area (Å²) in [6.45, 7) is 0.301. The highest BCUT2D eigenvalue weighted by molar-refractivity contribution is 5.81. The van der Waals surface area contributed by atoms with Gasteiger partial charge in [0.25, 0.3) is 0 Å². The van der Waals surface area contributed by atoms with Crippen molar-refractivity contribution in [2.75, 3.05) is 11.9 Å². The van der Waals surface area contributed by atoms with E-state index in [1.807, 2.05) is 12.3 Å². The lowest BCUT2D eigenvalue weighted by Crippen LogP contribution is -2.50. The lowest BCUT2D eigenvalue weighted by Gasteiger charge is -2.41. The van der Waals surface area contributed by atoms with Crippen LogP contribution in [0.4, 0.5) is 5.82 Å². The van der Waals surface area contributed by atoms with Gasteiger partial charge in [-0.05, 0) is 25.7 Å². The molecule has 2 heterocycles. The number of hydrogen-bond donors (Lipinski definition) is 1. The normalized spacial score (nSPS) is 18.7. The summed E-state index contributed by atoms with van der Waals surface area (Å²) in [5.74, 6) is 0.917. The zero-order chi connectivity index (χ0) is 19.2. The Morgan fingerprint density at radius 1 is 1.00 bits per heavy atom. The molecule has 0 spiro atoms. The van der Waals surface area contributed by atoms with E-state index in [-0.39, 0.29) is 5.91 Å². The molecule has 2 saturated carbocycles. The van der Waals surface area contributed by atoms with Crippen molar-refractivity contribution < 1.29 is 4.79 Å². The van der Waals surface area contributed by atoms with Crippen LogP contribution in [0.1, 0.15) is 64.2 Å². The van der Waals surface area contributed by atoms with Crippen LogP contribution < -0.4 is 5.32 Å². The SMILES string of the molecule is O=C(CNc1ccn(-c2cncnc2)n1)N(C1CCCCC1)C1CCCCC1. The summed E-state index contributed by atoms with van der Waals surface area (Å²) < 4.78 is 1.72. The lowest BCUT2D eigenvalue weighted by molar-refractivity contribution is -0.136. The van der Waals surface area contributed by atoms with Crippen LogP contribution in [0.15, 0.2) is 31.0 Å². The number of carbonyl (C=O) groups is 1. The molecule has 2 fully saturated rings. The monoisotopic (exact) mass is 382 g/mol. The smallest absolute Gasteiger partial charge is 0.242 e. The molecule has 2 aromatic rings. The molecule has 0 bridgehead atoms. The number of hydrogen-bond acceptors (Lipinski definition) is 5. The van der Waals surface area contributed by atoms with Gasteiger partial charge in [-0.3, -0.25) is 4.79 Å². The predicted molar refractivity (Wildman–Crippen MR) is 108 cm³/mol. The maximum atomic E-state index is 13.2. The van der Waals surface area contributed by atoms with E-state index >= 15 is 0 Å². The topological polar surface area (TPSA) is 75.9 Å². The second-order valence-electron chi connectivity index (χ2n) is 7.98. The lowest BCUT2D eigenvalue weighted by atomic mass is 9.88. The number of amides is 1. The molecule has 1 N–H and O–H groups in total. The van der Waals surface area contributed by atoms with Gasteiger partial charge in [0, 0.05) is 24.3 Å². The van der Waals surface area contributed by atoms with Crippen molar-refractivity contribution in [2.24, 2.45) is 0 Å². The van der Waals surface area contributed by atoms with E-state index in [9.17, 15) is 4.79 Å². The molecule has 28 heavy (non-hydrogen) atoms. The molecule has 1 amide bonds. The van der Waals surface area contributed by atoms with Crippen LogP contribution in [0.25, 0.3) is 5.69 Å². The molecule has 7 nitrogen and oxygen atoms in total. The Balaban J connectivity index is 1.40. The second-order valence-corrected chi connectivity index (χ2v) is 7.98. The van der Waals surface area contributed by atoms with Crippen LogP contribution >= 0.6 is 0 Å². The fourth-order valence-electron chi connectivity index (χ4n) is 4.65. The number of rotatable bonds is 6. The Labute approximate surface area is 166 Å². The Morgan fingerprint density at radius 2 is 1.61 bits per heavy atom. The Bertz CT molecular complexity index is 731. The number of anilines is 1. The minimum atomic E-state index is 0.219. The first kappa shape index (κ1) is 18.9. The van der Waals surface area contributed by atoms with Gasteiger partial charge in [-0.25, -0.2) is 14.6 Å². The fourth-order valence-corrected chi connectivity index (χ4v) is 4.65. The molecule has 0 atom stereocenters. The summed E-state index contributed by atoms with van der Waals surface area (Å²) in [4.78, 5) is 23.5. The van der Waals surface area contributed by atoms with E-state index < -0.39 is 0 Å². The highest BCUT2D eigenvalue weighted by atomic mass is 16.2. The van der Waals surface area contributed by atoms with Gasteiger partial charge < -0.3 is 10.2 Å². The molecule has 0 aromatic carbocycles. The average molecular weight is 383 g/mol. The van der Waals surface area contributed by atoms with Crippen molar-refractivity contribution in [1.29, 1.82) is 0 Å². The van der Waals surface area contributed by atoms with Gasteiger partial charge in [-0.15, -0.1) is 0 Å². The molecular weight excluding hydrogens is 352 g/mol. The first-order valence-electron chi connectivity index (χ1n) is 10.7. The molecular formula is C21H30N6O. The van der Waals surface area contributed by atoms with Gasteiger partial charge in [0.05, 0.1) is 18.9 Å². The van der Waals surface area contributed by atoms with Crippen molar-refractivity contribution in [3.8, 4) is 5.69 Å². The predicted octanol–water partition coefficient (Wildman–Crippen LogP) is 3.57. The third-order valence-corrected chi connectivity index (χ3v) is 6.05. The van der Waals surface area contributed by atoms with Crippen molar-refractivity contribution in [3.63, 3.8) is 0 Å². The van der Waals surface area contributed by atoms with Crippen LogP contribution in [0.3, 0.4) is 0 Å². The molecule has 2 aromatic heterocycles. The summed E-state index contributed by atoms with van der Waals surface area (Å²) in [5.41, 5.74) is 0.799. The van der Waals surface area contributed by atoms with Crippen LogP contribution in [0.2, 0.25) is 0 Å². The molecule has 150 valence electrons. The fraction of sp³-hybridized carbons (Fsp3) is 0.619. The number of aromatic nitrogens is 4. The minimum Gasteiger partial charge on any atom is -0.360 e. The van der Waals surface area contributed by atoms with E-state index in [1.165, 1.54) is 44.9 Å². The molecule has 4 rings (SSSR count). The molecule has 2 aliphatic rings. The quantitative estimate of drug-likeness (QED) is 0.827. The van der Waals surface area contributed by atoms with Gasteiger partial charge in [0.2, 0.25) is 5.91 Å². The Kier molecular flexibility index (Phi) is 6.19. The minimum absolute atomic E-state index is 0.219. The van der Waals surface area contributed by atoms with Gasteiger partial charge in [-0.2, -0.15) is 5.10 Å². The first-order chi connectivity index (χ1) is 13.8. The summed E-state index contributed by atoms with van der Waals surface area (Å²) in [7, 11) is 0. The third-order valence-electron chi connectivity index (χ3n) is 6.05. The highest BCUT2D eigenvalue weighted by Gasteiger charge is 2.32. The Morgan fingerprint density at radius 3 is 2.21 bits per heavy atom. The standard InChI is InChI=1S/C21H30N6O/c28-21(15-24-20-11-12-26(25-20)19-13-22-16-23-14-19)27(17-7-3-1-4-8-17)18-9-5-2-6-10-18/h11-14,16-18H,1-10,15H2,(H,24,25). The second kappa shape index (κ2) is 9.17. The molecule has 0 radical (unpaired) electrons. The van der Waals surface area contributed by atoms with Crippen LogP contribution in [0, 0.1) is 0 Å². The van der Waals surface area contributed by atoms with Crippen molar-refractivity contribution in [2.45, 2.75) is 76.3 Å². The van der Waals surface area contributed by atoms with E-state index in [4.69, 9.17) is 0 Å². The summed E-state index contributed by atoms with van der Waals surface area (Å²) >= 11 is 0. The highest BCUT2D eigenvalue weighted by Crippen LogP contribution is 2.30. The number of nitrogens with zero attached hydrogens (tertiary/aromatic N) is 5. The Hall–Kier alpha value is -2.44. The maximum absolute atomic E-state index is 13.2. The van der Waals surface area contributed by atoms with E-state index in [0.29, 0.717) is 24.4 Å². The van der Waals surface area contributed by atoms with Crippen LogP contribution in [-0.2, 0) is 4.79 Å². The summed E-state index contributed by atoms with van der Waals surface area (Å²) in [6, 6.07) is 2.72. The van der Waals surface area contributed by atoms with Gasteiger partial charge in [-0.1, -0.05) is 38.5 Å². The van der Waals surface area contributed by atoms with Gasteiger partial charge in [0.1, 0.15) is 17.8 Å². The molecule has 0 aliphatic heterocycles. The number of carbonyl (C=O) groups excluding carboxylic acids is 1. The van der Waals surface area contributed by atoms with Crippen LogP contribution in [0.5, 0.6) is 0 Å². The largest absolute Gasteiger partial charge is 0.360 e. The molecule has 0 saturated heterocycles. The van der Waals surface area contributed by atoms with E-state index in [2.05, 4.69) is 25.3 Å². The van der Waals surface area contributed by atoms with Crippen molar-refractivity contribution in [1.82, 2.24) is 24.6 Å². The maximum Gasteiger partial charge on any atom is 0.242 e. The molecule has 7 heteroatoms. The molecule has 0 unspecified atom stereocenters. The van der Waals surface area contributed by atoms with Gasteiger partial charge >= 0.3 is 0 Å². The zero-order valence-electron chi connectivity index (χ0n) is 16.5. The first-order valence-corrected chi connectivity index (χ1v) is 10.7.